The molecule has 4 heteroatoms. The molecule has 2 amide bonds. The molecule has 0 rings (SSSR count). The molecule has 0 unspecified atom stereocenters. The molecule has 0 radical (unpaired) electrons. The van der Waals surface area contributed by atoms with Gasteiger partial charge >= 0.3 is 0 Å². The maximum absolute atomic E-state index is 11.1. The van der Waals surface area contributed by atoms with Gasteiger partial charge in [0.15, 0.2) is 0 Å². The topological polar surface area (TPSA) is 58.2 Å². The van der Waals surface area contributed by atoms with Crippen LogP contribution < -0.4 is 10.6 Å². The van der Waals surface area contributed by atoms with Crippen LogP contribution in [0.25, 0.3) is 0 Å². The van der Waals surface area contributed by atoms with Gasteiger partial charge in [-0.3, -0.25) is 9.59 Å². The Balaban J connectivity index is 3.94. The molecule has 0 aromatic rings. The van der Waals surface area contributed by atoms with Gasteiger partial charge in [-0.2, -0.15) is 0 Å². The van der Waals surface area contributed by atoms with Crippen LogP contribution >= 0.6 is 0 Å². The van der Waals surface area contributed by atoms with Crippen molar-refractivity contribution >= 4 is 11.8 Å². The highest BCUT2D eigenvalue weighted by atomic mass is 16.2. The Morgan fingerprint density at radius 1 is 1.07 bits per heavy atom. The van der Waals surface area contributed by atoms with Gasteiger partial charge < -0.3 is 10.6 Å². The van der Waals surface area contributed by atoms with E-state index in [2.05, 4.69) is 10.6 Å². The molecule has 0 aromatic heterocycles. The number of hydrogen-bond donors (Lipinski definition) is 2. The summed E-state index contributed by atoms with van der Waals surface area (Å²) in [5.74, 6) is 0.00423. The maximum Gasteiger partial charge on any atom is 0.220 e. The zero-order valence-corrected chi connectivity index (χ0v) is 9.44. The molecule has 0 aliphatic carbocycles. The van der Waals surface area contributed by atoms with Crippen LogP contribution in [0.15, 0.2) is 0 Å². The lowest BCUT2D eigenvalue weighted by atomic mass is 10.1. The largest absolute Gasteiger partial charge is 0.354 e. The Hall–Kier alpha value is -1.06. The van der Waals surface area contributed by atoms with E-state index in [0.29, 0.717) is 19.4 Å². The van der Waals surface area contributed by atoms with Gasteiger partial charge in [0.25, 0.3) is 0 Å². The molecule has 82 valence electrons. The van der Waals surface area contributed by atoms with Crippen molar-refractivity contribution in [1.82, 2.24) is 10.6 Å². The van der Waals surface area contributed by atoms with Crippen LogP contribution in [0.4, 0.5) is 0 Å². The summed E-state index contributed by atoms with van der Waals surface area (Å²) in [5, 5.41) is 5.58. The van der Waals surface area contributed by atoms with Crippen molar-refractivity contribution in [3.8, 4) is 0 Å². The van der Waals surface area contributed by atoms with Gasteiger partial charge in [0.1, 0.15) is 0 Å². The van der Waals surface area contributed by atoms with E-state index in [-0.39, 0.29) is 17.4 Å². The van der Waals surface area contributed by atoms with E-state index in [1.807, 2.05) is 13.8 Å². The van der Waals surface area contributed by atoms with Crippen LogP contribution in [0, 0.1) is 0 Å². The Morgan fingerprint density at radius 3 is 2.00 bits per heavy atom. The third-order valence-corrected chi connectivity index (χ3v) is 1.85. The van der Waals surface area contributed by atoms with E-state index in [1.165, 1.54) is 0 Å². The quantitative estimate of drug-likeness (QED) is 0.690. The van der Waals surface area contributed by atoms with Gasteiger partial charge in [0.2, 0.25) is 11.8 Å². The van der Waals surface area contributed by atoms with Gasteiger partial charge in [-0.25, -0.2) is 0 Å². The van der Waals surface area contributed by atoms with E-state index in [1.54, 1.807) is 13.8 Å². The second-order valence-corrected chi connectivity index (χ2v) is 3.92. The lowest BCUT2D eigenvalue weighted by molar-refractivity contribution is -0.124. The minimum Gasteiger partial charge on any atom is -0.354 e. The predicted molar refractivity (Wildman–Crippen MR) is 55.8 cm³/mol. The second-order valence-electron chi connectivity index (χ2n) is 3.92. The fourth-order valence-electron chi connectivity index (χ4n) is 0.955. The first-order valence-electron chi connectivity index (χ1n) is 4.99. The number of nitrogens with one attached hydrogen (secondary N) is 2. The molecule has 0 atom stereocenters. The second kappa shape index (κ2) is 5.62. The lowest BCUT2D eigenvalue weighted by Crippen LogP contribution is -2.51. The van der Waals surface area contributed by atoms with E-state index < -0.39 is 0 Å². The van der Waals surface area contributed by atoms with Crippen molar-refractivity contribution in [2.24, 2.45) is 0 Å². The number of rotatable bonds is 5. The van der Waals surface area contributed by atoms with Crippen LogP contribution in [0.5, 0.6) is 0 Å². The Labute approximate surface area is 85.4 Å². The number of carbonyl (C=O) groups excluding carboxylic acids is 2. The summed E-state index contributed by atoms with van der Waals surface area (Å²) in [6, 6.07) is 0. The molecule has 2 N–H and O–H groups in total. The fraction of sp³-hybridized carbons (Fsp3) is 0.800. The summed E-state index contributed by atoms with van der Waals surface area (Å²) >= 11 is 0. The molecule has 0 aliphatic heterocycles. The van der Waals surface area contributed by atoms with Crippen LogP contribution in [0.3, 0.4) is 0 Å². The molecule has 0 saturated carbocycles. The van der Waals surface area contributed by atoms with Gasteiger partial charge in [-0.15, -0.1) is 0 Å². The summed E-state index contributed by atoms with van der Waals surface area (Å²) in [6.07, 6.45) is 0.933. The van der Waals surface area contributed by atoms with Crippen molar-refractivity contribution < 1.29 is 9.59 Å². The summed E-state index contributed by atoms with van der Waals surface area (Å²) in [7, 11) is 0. The first-order chi connectivity index (χ1) is 6.41. The van der Waals surface area contributed by atoms with Crippen LogP contribution in [-0.2, 0) is 9.59 Å². The predicted octanol–water partition coefficient (Wildman–Crippen LogP) is 0.817. The normalized spacial score (nSPS) is 10.9. The number of hydrogen-bond acceptors (Lipinski definition) is 2. The zero-order chi connectivity index (χ0) is 11.2. The molecular weight excluding hydrogens is 180 g/mol. The third-order valence-electron chi connectivity index (χ3n) is 1.85. The molecule has 14 heavy (non-hydrogen) atoms. The summed E-state index contributed by atoms with van der Waals surface area (Å²) in [6.45, 7) is 7.83. The molecular formula is C10H20N2O2. The minimum absolute atomic E-state index is 0.000692. The highest BCUT2D eigenvalue weighted by Crippen LogP contribution is 2.00. The first-order valence-corrected chi connectivity index (χ1v) is 4.99. The van der Waals surface area contributed by atoms with Crippen LogP contribution in [-0.4, -0.2) is 23.9 Å². The van der Waals surface area contributed by atoms with Crippen molar-refractivity contribution in [2.75, 3.05) is 6.54 Å². The molecule has 4 nitrogen and oxygen atoms in total. The Kier molecular flexibility index (Phi) is 5.20. The van der Waals surface area contributed by atoms with Gasteiger partial charge in [0, 0.05) is 19.4 Å². The van der Waals surface area contributed by atoms with E-state index in [9.17, 15) is 9.59 Å². The van der Waals surface area contributed by atoms with Crippen molar-refractivity contribution in [2.45, 2.75) is 46.1 Å². The SMILES string of the molecule is CCC(=O)NCC(C)(C)NC(=O)CC. The summed E-state index contributed by atoms with van der Waals surface area (Å²) < 4.78 is 0. The molecule has 0 fully saturated rings. The first kappa shape index (κ1) is 12.9. The van der Waals surface area contributed by atoms with Gasteiger partial charge in [-0.05, 0) is 13.8 Å². The lowest BCUT2D eigenvalue weighted by Gasteiger charge is -2.26. The van der Waals surface area contributed by atoms with E-state index in [0.717, 1.165) is 0 Å². The maximum atomic E-state index is 11.1. The minimum atomic E-state index is -0.377. The van der Waals surface area contributed by atoms with Crippen molar-refractivity contribution in [1.29, 1.82) is 0 Å². The van der Waals surface area contributed by atoms with Crippen molar-refractivity contribution in [3.63, 3.8) is 0 Å². The monoisotopic (exact) mass is 200 g/mol. The molecule has 0 heterocycles. The van der Waals surface area contributed by atoms with Gasteiger partial charge in [0.05, 0.1) is 5.54 Å². The molecule has 0 saturated heterocycles. The molecule has 0 aliphatic rings. The average molecular weight is 200 g/mol. The van der Waals surface area contributed by atoms with Crippen molar-refractivity contribution in [3.05, 3.63) is 0 Å². The Morgan fingerprint density at radius 2 is 1.57 bits per heavy atom. The van der Waals surface area contributed by atoms with Gasteiger partial charge in [-0.1, -0.05) is 13.8 Å². The highest BCUT2D eigenvalue weighted by molar-refractivity contribution is 5.77. The smallest absolute Gasteiger partial charge is 0.220 e. The zero-order valence-electron chi connectivity index (χ0n) is 9.44. The third kappa shape index (κ3) is 5.56. The van der Waals surface area contributed by atoms with E-state index >= 15 is 0 Å². The standard InChI is InChI=1S/C10H20N2O2/c1-5-8(13)11-7-10(3,4)12-9(14)6-2/h5-7H2,1-4H3,(H,11,13)(H,12,14). The summed E-state index contributed by atoms with van der Waals surface area (Å²) in [5.41, 5.74) is -0.377. The fourth-order valence-corrected chi connectivity index (χ4v) is 0.955. The highest BCUT2D eigenvalue weighted by Gasteiger charge is 2.19. The van der Waals surface area contributed by atoms with E-state index in [4.69, 9.17) is 0 Å². The average Bonchev–Trinajstić information content (AvgIpc) is 2.13. The number of carbonyl (C=O) groups is 2. The molecule has 0 spiro atoms. The Bertz CT molecular complexity index is 212. The summed E-state index contributed by atoms with van der Waals surface area (Å²) in [4.78, 5) is 22.1. The molecule has 0 bridgehead atoms. The molecule has 0 aromatic carbocycles. The van der Waals surface area contributed by atoms with Crippen LogP contribution in [0.1, 0.15) is 40.5 Å². The van der Waals surface area contributed by atoms with Crippen LogP contribution in [0.2, 0.25) is 0 Å². The number of amides is 2.